The van der Waals surface area contributed by atoms with Crippen LogP contribution in [0.15, 0.2) is 0 Å². The first-order chi connectivity index (χ1) is 7.84. The van der Waals surface area contributed by atoms with Gasteiger partial charge < -0.3 is 10.2 Å². The molecule has 2 rings (SSSR count). The molecule has 0 amide bonds. The molecule has 1 fully saturated rings. The van der Waals surface area contributed by atoms with Crippen LogP contribution in [0.25, 0.3) is 0 Å². The fraction of sp³-hybridized carbons (Fsp3) is 0.818. The number of aromatic nitrogens is 2. The van der Waals surface area contributed by atoms with Gasteiger partial charge in [-0.05, 0) is 32.9 Å². The van der Waals surface area contributed by atoms with E-state index >= 15 is 0 Å². The van der Waals surface area contributed by atoms with Crippen LogP contribution in [-0.2, 0) is 0 Å². The van der Waals surface area contributed by atoms with Gasteiger partial charge in [0.1, 0.15) is 5.82 Å². The zero-order chi connectivity index (χ0) is 11.2. The maximum atomic E-state index is 4.29. The molecule has 0 atom stereocenters. The number of hydrogen-bond donors (Lipinski definition) is 1. The lowest BCUT2D eigenvalue weighted by Crippen LogP contribution is -2.29. The van der Waals surface area contributed by atoms with Crippen molar-refractivity contribution >= 4 is 16.7 Å². The summed E-state index contributed by atoms with van der Waals surface area (Å²) in [6.45, 7) is 6.55. The summed E-state index contributed by atoms with van der Waals surface area (Å²) in [4.78, 5) is 6.84. The van der Waals surface area contributed by atoms with Crippen LogP contribution in [-0.4, -0.2) is 40.4 Å². The molecule has 1 aliphatic rings. The molecule has 2 heterocycles. The maximum absolute atomic E-state index is 4.29. The quantitative estimate of drug-likeness (QED) is 0.875. The van der Waals surface area contributed by atoms with E-state index in [2.05, 4.69) is 19.6 Å². The molecular weight excluding hydrogens is 220 g/mol. The van der Waals surface area contributed by atoms with E-state index in [0.717, 1.165) is 24.0 Å². The number of nitrogens with one attached hydrogen (secondary N) is 1. The Morgan fingerprint density at radius 2 is 2.00 bits per heavy atom. The van der Waals surface area contributed by atoms with Crippen LogP contribution in [0.5, 0.6) is 0 Å². The van der Waals surface area contributed by atoms with Crippen molar-refractivity contribution < 1.29 is 0 Å². The second kappa shape index (κ2) is 6.15. The van der Waals surface area contributed by atoms with E-state index < -0.39 is 0 Å². The predicted octanol–water partition coefficient (Wildman–Crippen LogP) is 2.13. The summed E-state index contributed by atoms with van der Waals surface area (Å²) < 4.78 is 4.15. The van der Waals surface area contributed by atoms with Crippen molar-refractivity contribution in [3.8, 4) is 0 Å². The van der Waals surface area contributed by atoms with E-state index in [1.165, 1.54) is 50.3 Å². The number of hydrogen-bond acceptors (Lipinski definition) is 5. The first-order valence-corrected chi connectivity index (χ1v) is 6.88. The number of nitrogens with zero attached hydrogens (tertiary/aromatic N) is 3. The third kappa shape index (κ3) is 3.72. The Balaban J connectivity index is 1.67. The molecule has 0 spiro atoms. The van der Waals surface area contributed by atoms with Gasteiger partial charge in [0.15, 0.2) is 0 Å². The minimum Gasteiger partial charge on any atom is -0.359 e. The molecule has 1 N–H and O–H groups in total. The molecule has 0 aliphatic carbocycles. The van der Waals surface area contributed by atoms with Crippen molar-refractivity contribution in [2.75, 3.05) is 31.5 Å². The van der Waals surface area contributed by atoms with Crippen molar-refractivity contribution in [2.45, 2.75) is 32.6 Å². The molecule has 1 saturated heterocycles. The highest BCUT2D eigenvalue weighted by Crippen LogP contribution is 2.11. The fourth-order valence-corrected chi connectivity index (χ4v) is 2.65. The van der Waals surface area contributed by atoms with Gasteiger partial charge in [0, 0.05) is 24.6 Å². The Labute approximate surface area is 101 Å². The molecule has 1 aromatic heterocycles. The molecular formula is C11H20N4S. The Hall–Kier alpha value is -0.680. The summed E-state index contributed by atoms with van der Waals surface area (Å²) in [5.74, 6) is 0.863. The van der Waals surface area contributed by atoms with Gasteiger partial charge in [-0.2, -0.15) is 4.37 Å². The van der Waals surface area contributed by atoms with Gasteiger partial charge in [0.2, 0.25) is 5.13 Å². The molecule has 1 aliphatic heterocycles. The molecule has 0 saturated carbocycles. The average molecular weight is 240 g/mol. The van der Waals surface area contributed by atoms with E-state index in [1.54, 1.807) is 0 Å². The third-order valence-electron chi connectivity index (χ3n) is 2.93. The molecule has 1 aromatic rings. The second-order valence-corrected chi connectivity index (χ2v) is 5.08. The van der Waals surface area contributed by atoms with Crippen molar-refractivity contribution in [2.24, 2.45) is 0 Å². The summed E-state index contributed by atoms with van der Waals surface area (Å²) in [6.07, 6.45) is 5.52. The standard InChI is InChI=1S/C11H20N4S/c1-10-13-11(16-14-10)12-6-9-15-7-4-2-3-5-8-15/h2-9H2,1H3,(H,12,13,14). The van der Waals surface area contributed by atoms with Crippen LogP contribution in [0.1, 0.15) is 31.5 Å². The maximum Gasteiger partial charge on any atom is 0.202 e. The topological polar surface area (TPSA) is 41.1 Å². The summed E-state index contributed by atoms with van der Waals surface area (Å²) >= 11 is 1.45. The summed E-state index contributed by atoms with van der Waals surface area (Å²) in [6, 6.07) is 0. The van der Waals surface area contributed by atoms with Gasteiger partial charge in [-0.1, -0.05) is 12.8 Å². The lowest BCUT2D eigenvalue weighted by molar-refractivity contribution is 0.296. The van der Waals surface area contributed by atoms with Crippen LogP contribution in [0, 0.1) is 6.92 Å². The molecule has 0 unspecified atom stereocenters. The van der Waals surface area contributed by atoms with Gasteiger partial charge in [-0.25, -0.2) is 4.98 Å². The van der Waals surface area contributed by atoms with Crippen LogP contribution < -0.4 is 5.32 Å². The average Bonchev–Trinajstić information content (AvgIpc) is 2.54. The number of rotatable bonds is 4. The fourth-order valence-electron chi connectivity index (χ4n) is 2.05. The van der Waals surface area contributed by atoms with Gasteiger partial charge >= 0.3 is 0 Å². The second-order valence-electron chi connectivity index (χ2n) is 4.33. The van der Waals surface area contributed by atoms with Gasteiger partial charge in [-0.3, -0.25) is 0 Å². The van der Waals surface area contributed by atoms with Gasteiger partial charge in [-0.15, -0.1) is 0 Å². The number of anilines is 1. The molecule has 0 aromatic carbocycles. The molecule has 16 heavy (non-hydrogen) atoms. The van der Waals surface area contributed by atoms with E-state index in [0.29, 0.717) is 0 Å². The van der Waals surface area contributed by atoms with Crippen LogP contribution in [0.4, 0.5) is 5.13 Å². The highest BCUT2D eigenvalue weighted by molar-refractivity contribution is 7.09. The summed E-state index contributed by atoms with van der Waals surface area (Å²) in [5.41, 5.74) is 0. The largest absolute Gasteiger partial charge is 0.359 e. The monoisotopic (exact) mass is 240 g/mol. The number of aryl methyl sites for hydroxylation is 1. The SMILES string of the molecule is Cc1nsc(NCCN2CCCCCC2)n1. The van der Waals surface area contributed by atoms with Crippen molar-refractivity contribution in [1.29, 1.82) is 0 Å². The van der Waals surface area contributed by atoms with E-state index in [9.17, 15) is 0 Å². The third-order valence-corrected chi connectivity index (χ3v) is 3.69. The lowest BCUT2D eigenvalue weighted by Gasteiger charge is -2.19. The van der Waals surface area contributed by atoms with Crippen LogP contribution >= 0.6 is 11.5 Å². The van der Waals surface area contributed by atoms with Crippen molar-refractivity contribution in [3.05, 3.63) is 5.82 Å². The smallest absolute Gasteiger partial charge is 0.202 e. The van der Waals surface area contributed by atoms with Gasteiger partial charge in [0.25, 0.3) is 0 Å². The first-order valence-electron chi connectivity index (χ1n) is 6.11. The normalized spacial score (nSPS) is 18.3. The Morgan fingerprint density at radius 1 is 1.25 bits per heavy atom. The van der Waals surface area contributed by atoms with E-state index in [1.807, 2.05) is 6.92 Å². The minimum absolute atomic E-state index is 0.863. The Morgan fingerprint density at radius 3 is 2.62 bits per heavy atom. The molecule has 5 heteroatoms. The van der Waals surface area contributed by atoms with E-state index in [-0.39, 0.29) is 0 Å². The van der Waals surface area contributed by atoms with Gasteiger partial charge in [0.05, 0.1) is 0 Å². The number of likely N-dealkylation sites (tertiary alicyclic amines) is 1. The highest BCUT2D eigenvalue weighted by atomic mass is 32.1. The van der Waals surface area contributed by atoms with E-state index in [4.69, 9.17) is 0 Å². The zero-order valence-electron chi connectivity index (χ0n) is 9.91. The molecule has 0 radical (unpaired) electrons. The lowest BCUT2D eigenvalue weighted by atomic mass is 10.2. The molecule has 4 nitrogen and oxygen atoms in total. The Kier molecular flexibility index (Phi) is 4.54. The Bertz CT molecular complexity index is 305. The van der Waals surface area contributed by atoms with Crippen LogP contribution in [0.3, 0.4) is 0 Å². The van der Waals surface area contributed by atoms with Crippen molar-refractivity contribution in [1.82, 2.24) is 14.3 Å². The van der Waals surface area contributed by atoms with Crippen LogP contribution in [0.2, 0.25) is 0 Å². The zero-order valence-corrected chi connectivity index (χ0v) is 10.7. The van der Waals surface area contributed by atoms with Crippen molar-refractivity contribution in [3.63, 3.8) is 0 Å². The molecule has 90 valence electrons. The minimum atomic E-state index is 0.863. The highest BCUT2D eigenvalue weighted by Gasteiger charge is 2.08. The summed E-state index contributed by atoms with van der Waals surface area (Å²) in [5, 5.41) is 4.29. The first kappa shape index (κ1) is 11.8. The summed E-state index contributed by atoms with van der Waals surface area (Å²) in [7, 11) is 0. The predicted molar refractivity (Wildman–Crippen MR) is 68.0 cm³/mol. The molecule has 0 bridgehead atoms.